The van der Waals surface area contributed by atoms with E-state index in [0.29, 0.717) is 22.2 Å². The Morgan fingerprint density at radius 3 is 2.32 bits per heavy atom. The number of aryl methyl sites for hydroxylation is 1. The second-order valence-electron chi connectivity index (χ2n) is 8.69. The molecule has 2 heterocycles. The van der Waals surface area contributed by atoms with E-state index in [9.17, 15) is 53.6 Å². The summed E-state index contributed by atoms with van der Waals surface area (Å²) in [7, 11) is -6.25. The summed E-state index contributed by atoms with van der Waals surface area (Å²) in [4.78, 5) is 12.6. The fraction of sp³-hybridized carbons (Fsp3) is 0.333. The Kier molecular flexibility index (Phi) is 7.02. The minimum Gasteiger partial charge on any atom is -0.355 e. The van der Waals surface area contributed by atoms with E-state index in [2.05, 4.69) is 19.7 Å². The van der Waals surface area contributed by atoms with Crippen LogP contribution in [0.2, 0.25) is 5.02 Å². The summed E-state index contributed by atoms with van der Waals surface area (Å²) in [5.41, 5.74) is -3.00. The Balaban J connectivity index is 1.74. The smallest absolute Gasteiger partial charge is 0.355 e. The molecule has 0 unspecified atom stereocenters. The van der Waals surface area contributed by atoms with Crippen LogP contribution in [0.5, 0.6) is 5.88 Å². The van der Waals surface area contributed by atoms with Gasteiger partial charge < -0.3 is 9.50 Å². The van der Waals surface area contributed by atoms with Gasteiger partial charge in [-0.05, 0) is 30.5 Å². The molecule has 2 aromatic heterocycles. The molecule has 1 fully saturated rings. The highest BCUT2D eigenvalue weighted by Gasteiger charge is 2.69. The van der Waals surface area contributed by atoms with Crippen LogP contribution < -0.4 is 9.50 Å². The van der Waals surface area contributed by atoms with Gasteiger partial charge in [-0.15, -0.1) is 5.10 Å². The normalized spacial score (nSPS) is 15.3. The van der Waals surface area contributed by atoms with Gasteiger partial charge in [0.1, 0.15) is 5.54 Å². The van der Waals surface area contributed by atoms with Crippen molar-refractivity contribution < 1.29 is 52.5 Å². The lowest BCUT2D eigenvalue weighted by Crippen LogP contribution is -2.46. The summed E-state index contributed by atoms with van der Waals surface area (Å²) in [6, 6.07) is 5.87. The predicted octanol–water partition coefficient (Wildman–Crippen LogP) is 4.59. The van der Waals surface area contributed by atoms with E-state index in [1.54, 1.807) is 0 Å². The van der Waals surface area contributed by atoms with Crippen molar-refractivity contribution >= 4 is 27.6 Å². The summed E-state index contributed by atoms with van der Waals surface area (Å²) in [6.45, 7) is 0. The molecule has 1 aromatic carbocycles. The first-order valence-corrected chi connectivity index (χ1v) is 12.6. The quantitative estimate of drug-likeness (QED) is 0.298. The minimum atomic E-state index is -7.04. The third-order valence-corrected chi connectivity index (χ3v) is 7.33. The van der Waals surface area contributed by atoms with Crippen molar-refractivity contribution in [1.82, 2.24) is 24.9 Å². The highest BCUT2D eigenvalue weighted by molar-refractivity contribution is 7.88. The molecule has 0 aliphatic heterocycles. The van der Waals surface area contributed by atoms with Crippen molar-refractivity contribution in [3.63, 3.8) is 0 Å². The number of hydrogen-bond acceptors (Lipinski definition) is 7. The number of hydrogen-bond donors (Lipinski definition) is 1. The Morgan fingerprint density at radius 1 is 1.15 bits per heavy atom. The minimum absolute atomic E-state index is 0.0166. The first-order valence-electron chi connectivity index (χ1n) is 10.8. The van der Waals surface area contributed by atoms with Gasteiger partial charge in [-0.25, -0.2) is 9.36 Å². The molecule has 0 atom stereocenters. The largest absolute Gasteiger partial charge is 0.475 e. The van der Waals surface area contributed by atoms with Crippen LogP contribution in [-0.4, -0.2) is 50.9 Å². The topological polar surface area (TPSA) is 132 Å². The Labute approximate surface area is 229 Å². The fourth-order valence-electron chi connectivity index (χ4n) is 3.50. The first-order chi connectivity index (χ1) is 18.7. The second kappa shape index (κ2) is 9.58. The van der Waals surface area contributed by atoms with Crippen LogP contribution in [0.3, 0.4) is 0 Å². The molecule has 3 aromatic rings. The van der Waals surface area contributed by atoms with Gasteiger partial charge in [0.2, 0.25) is 0 Å². The van der Waals surface area contributed by atoms with Crippen molar-refractivity contribution in [2.24, 2.45) is 7.05 Å². The van der Waals surface area contributed by atoms with Crippen LogP contribution in [0, 0.1) is 11.3 Å². The average molecular weight is 633 g/mol. The number of benzene rings is 1. The molecule has 0 spiro atoms. The summed E-state index contributed by atoms with van der Waals surface area (Å²) in [5.74, 6) is -3.92. The van der Waals surface area contributed by atoms with Crippen LogP contribution in [-0.2, 0) is 23.3 Å². The van der Waals surface area contributed by atoms with Gasteiger partial charge >= 0.3 is 27.7 Å². The van der Waals surface area contributed by atoms with Gasteiger partial charge in [-0.2, -0.15) is 53.9 Å². The SMILES string of the molecule is Cn1nc(OS(=O)(=O)C(F)(F)C(F)(F)F)c(C(F)(F)F)c1-n1cc(-c2ccc(Cl)c(C(=O)NC3(C#N)CC3)c2)cn1. The predicted molar refractivity (Wildman–Crippen MR) is 121 cm³/mol. The molecule has 4 rings (SSSR count). The average Bonchev–Trinajstić information content (AvgIpc) is 3.29. The number of nitrogens with one attached hydrogen (secondary N) is 1. The number of halogens is 9. The van der Waals surface area contributed by atoms with Gasteiger partial charge in [0, 0.05) is 18.8 Å². The molecule has 1 aliphatic rings. The Bertz CT molecular complexity index is 1690. The van der Waals surface area contributed by atoms with Gasteiger partial charge in [-0.3, -0.25) is 4.79 Å². The van der Waals surface area contributed by atoms with Crippen LogP contribution in [0.4, 0.5) is 35.1 Å². The number of nitrogens with zero attached hydrogens (tertiary/aromatic N) is 5. The fourth-order valence-corrected chi connectivity index (χ4v) is 4.42. The molecule has 0 saturated heterocycles. The van der Waals surface area contributed by atoms with Crippen molar-refractivity contribution in [1.29, 1.82) is 5.26 Å². The van der Waals surface area contributed by atoms with Crippen LogP contribution in [0.15, 0.2) is 30.6 Å². The van der Waals surface area contributed by atoms with Crippen molar-refractivity contribution in [2.75, 3.05) is 0 Å². The number of rotatable bonds is 7. The second-order valence-corrected chi connectivity index (χ2v) is 10.7. The molecule has 41 heavy (non-hydrogen) atoms. The van der Waals surface area contributed by atoms with E-state index in [0.717, 1.165) is 19.4 Å². The molecule has 1 amide bonds. The van der Waals surface area contributed by atoms with Crippen LogP contribution in [0.1, 0.15) is 28.8 Å². The molecular weight excluding hydrogens is 620 g/mol. The Morgan fingerprint density at radius 2 is 1.78 bits per heavy atom. The number of carbonyl (C=O) groups excluding carboxylic acids is 1. The van der Waals surface area contributed by atoms with E-state index in [4.69, 9.17) is 11.6 Å². The molecule has 1 aliphatic carbocycles. The zero-order valence-electron chi connectivity index (χ0n) is 20.0. The van der Waals surface area contributed by atoms with Crippen LogP contribution >= 0.6 is 11.6 Å². The highest BCUT2D eigenvalue weighted by Crippen LogP contribution is 2.45. The maximum atomic E-state index is 13.9. The molecule has 220 valence electrons. The maximum absolute atomic E-state index is 13.9. The lowest BCUT2D eigenvalue weighted by atomic mass is 10.1. The number of aromatic nitrogens is 4. The molecule has 1 saturated carbocycles. The summed E-state index contributed by atoms with van der Waals surface area (Å²) in [6.07, 6.45) is -9.50. The van der Waals surface area contributed by atoms with Gasteiger partial charge in [0.25, 0.3) is 11.8 Å². The molecule has 10 nitrogen and oxygen atoms in total. The maximum Gasteiger partial charge on any atom is 0.475 e. The molecule has 1 N–H and O–H groups in total. The molecule has 0 radical (unpaired) electrons. The van der Waals surface area contributed by atoms with Gasteiger partial charge in [0.05, 0.1) is 22.9 Å². The van der Waals surface area contributed by atoms with E-state index < -0.39 is 56.4 Å². The van der Waals surface area contributed by atoms with Crippen molar-refractivity contribution in [3.05, 3.63) is 46.7 Å². The first kappa shape index (κ1) is 30.0. The highest BCUT2D eigenvalue weighted by atomic mass is 35.5. The van der Waals surface area contributed by atoms with Crippen LogP contribution in [0.25, 0.3) is 16.9 Å². The summed E-state index contributed by atoms with van der Waals surface area (Å²) >= 11 is 6.09. The monoisotopic (exact) mass is 632 g/mol. The summed E-state index contributed by atoms with van der Waals surface area (Å²) < 4.78 is 134. The third kappa shape index (κ3) is 5.40. The van der Waals surface area contributed by atoms with E-state index >= 15 is 0 Å². The van der Waals surface area contributed by atoms with Crippen molar-refractivity contribution in [2.45, 2.75) is 36.0 Å². The number of nitriles is 1. The number of alkyl halides is 8. The summed E-state index contributed by atoms with van der Waals surface area (Å²) in [5, 5.41) is 11.9. The van der Waals surface area contributed by atoms with Gasteiger partial charge in [0.15, 0.2) is 11.4 Å². The Hall–Kier alpha value is -3.92. The lowest BCUT2D eigenvalue weighted by molar-refractivity contribution is -0.243. The van der Waals surface area contributed by atoms with Crippen molar-refractivity contribution in [3.8, 4) is 28.9 Å². The van der Waals surface area contributed by atoms with E-state index in [1.807, 2.05) is 6.07 Å². The lowest BCUT2D eigenvalue weighted by Gasteiger charge is -2.19. The zero-order chi connectivity index (χ0) is 30.8. The standard InChI is InChI=1S/C21H13ClF8N6O4S/c1-35-17(14(19(23,24)25)16(34-35)40-41(38,39)21(29,30)20(26,27)28)36-8-11(7-32-36)10-2-3-13(22)12(6-10)15(37)33-18(9-31)4-5-18/h2-3,6-8H,4-5H2,1H3,(H,33,37). The zero-order valence-corrected chi connectivity index (χ0v) is 21.6. The number of amides is 1. The van der Waals surface area contributed by atoms with Gasteiger partial charge in [-0.1, -0.05) is 17.7 Å². The van der Waals surface area contributed by atoms with E-state index in [1.165, 1.54) is 18.2 Å². The number of carbonyl (C=O) groups is 1. The molecular formula is C21H13ClF8N6O4S. The third-order valence-electron chi connectivity index (χ3n) is 5.76. The molecule has 20 heteroatoms. The van der Waals surface area contributed by atoms with E-state index in [-0.39, 0.29) is 21.7 Å². The molecule has 0 bridgehead atoms.